The largest absolute Gasteiger partial charge is 0.332 e. The van der Waals surface area contributed by atoms with Crippen LogP contribution in [0, 0.1) is 0 Å². The van der Waals surface area contributed by atoms with Gasteiger partial charge in [-0.3, -0.25) is 4.79 Å². The lowest BCUT2D eigenvalue weighted by molar-refractivity contribution is 0.0946. The number of amides is 1. The zero-order chi connectivity index (χ0) is 18.6. The maximum Gasteiger partial charge on any atom is 0.288 e. The van der Waals surface area contributed by atoms with E-state index in [0.29, 0.717) is 12.2 Å². The second-order valence-corrected chi connectivity index (χ2v) is 7.22. The lowest BCUT2D eigenvalue weighted by atomic mass is 10.2. The van der Waals surface area contributed by atoms with Crippen molar-refractivity contribution in [3.8, 4) is 0 Å². The number of aromatic nitrogens is 1. The Kier molecular flexibility index (Phi) is 4.85. The molecule has 0 aliphatic heterocycles. The van der Waals surface area contributed by atoms with Crippen molar-refractivity contribution in [1.29, 1.82) is 0 Å². The molecule has 0 radical (unpaired) electrons. The SMILES string of the molecule is C/C(=N/NC(=O)c1cc2ccccc2n1Cc1ccccc1)c1cccs1. The summed E-state index contributed by atoms with van der Waals surface area (Å²) in [6.07, 6.45) is 0. The third kappa shape index (κ3) is 3.68. The Morgan fingerprint density at radius 3 is 2.59 bits per heavy atom. The van der Waals surface area contributed by atoms with E-state index in [1.54, 1.807) is 11.3 Å². The van der Waals surface area contributed by atoms with Gasteiger partial charge in [0, 0.05) is 22.3 Å². The molecule has 134 valence electrons. The Labute approximate surface area is 161 Å². The fourth-order valence-corrected chi connectivity index (χ4v) is 3.74. The van der Waals surface area contributed by atoms with Crippen molar-refractivity contribution in [1.82, 2.24) is 9.99 Å². The summed E-state index contributed by atoms with van der Waals surface area (Å²) < 4.78 is 2.04. The molecule has 1 amide bonds. The number of nitrogens with zero attached hydrogens (tertiary/aromatic N) is 2. The number of carbonyl (C=O) groups excluding carboxylic acids is 1. The van der Waals surface area contributed by atoms with Crippen LogP contribution in [0.2, 0.25) is 0 Å². The van der Waals surface area contributed by atoms with Crippen molar-refractivity contribution in [2.75, 3.05) is 0 Å². The quantitative estimate of drug-likeness (QED) is 0.392. The van der Waals surface area contributed by atoms with Crippen molar-refractivity contribution in [2.45, 2.75) is 13.5 Å². The highest BCUT2D eigenvalue weighted by Gasteiger charge is 2.15. The van der Waals surface area contributed by atoms with Gasteiger partial charge in [-0.2, -0.15) is 5.10 Å². The van der Waals surface area contributed by atoms with E-state index in [2.05, 4.69) is 22.7 Å². The second-order valence-electron chi connectivity index (χ2n) is 6.28. The van der Waals surface area contributed by atoms with Crippen LogP contribution in [0.5, 0.6) is 0 Å². The van der Waals surface area contributed by atoms with Gasteiger partial charge in [-0.15, -0.1) is 11.3 Å². The van der Waals surface area contributed by atoms with Crippen molar-refractivity contribution in [3.05, 3.63) is 94.3 Å². The average Bonchev–Trinajstić information content (AvgIpc) is 3.36. The van der Waals surface area contributed by atoms with E-state index in [1.807, 2.05) is 77.5 Å². The number of hydrogen-bond donors (Lipinski definition) is 1. The van der Waals surface area contributed by atoms with Crippen LogP contribution in [-0.2, 0) is 6.54 Å². The predicted octanol–water partition coefficient (Wildman–Crippen LogP) is 4.91. The van der Waals surface area contributed by atoms with E-state index >= 15 is 0 Å². The number of nitrogens with one attached hydrogen (secondary N) is 1. The summed E-state index contributed by atoms with van der Waals surface area (Å²) in [6.45, 7) is 2.52. The van der Waals surface area contributed by atoms with Gasteiger partial charge in [-0.05, 0) is 36.1 Å². The molecule has 4 nitrogen and oxygen atoms in total. The average molecular weight is 373 g/mol. The van der Waals surface area contributed by atoms with Crippen LogP contribution >= 0.6 is 11.3 Å². The van der Waals surface area contributed by atoms with Crippen molar-refractivity contribution in [3.63, 3.8) is 0 Å². The van der Waals surface area contributed by atoms with E-state index in [9.17, 15) is 4.79 Å². The van der Waals surface area contributed by atoms with Gasteiger partial charge in [0.25, 0.3) is 5.91 Å². The molecule has 0 spiro atoms. The first-order chi connectivity index (χ1) is 13.2. The molecule has 0 saturated heterocycles. The number of thiophene rings is 1. The topological polar surface area (TPSA) is 46.4 Å². The van der Waals surface area contributed by atoms with Crippen molar-refractivity contribution in [2.24, 2.45) is 5.10 Å². The Hall–Kier alpha value is -3.18. The van der Waals surface area contributed by atoms with Crippen LogP contribution in [0.4, 0.5) is 0 Å². The second kappa shape index (κ2) is 7.60. The smallest absolute Gasteiger partial charge is 0.288 e. The minimum atomic E-state index is -0.210. The zero-order valence-electron chi connectivity index (χ0n) is 14.9. The first-order valence-corrected chi connectivity index (χ1v) is 9.61. The minimum absolute atomic E-state index is 0.210. The van der Waals surface area contributed by atoms with Crippen LogP contribution in [0.25, 0.3) is 10.9 Å². The normalized spacial score (nSPS) is 11.7. The highest BCUT2D eigenvalue weighted by Crippen LogP contribution is 2.21. The number of benzene rings is 2. The third-order valence-corrected chi connectivity index (χ3v) is 5.41. The molecular formula is C22H19N3OS. The van der Waals surface area contributed by atoms with Crippen molar-refractivity contribution >= 4 is 33.9 Å². The predicted molar refractivity (Wildman–Crippen MR) is 111 cm³/mol. The van der Waals surface area contributed by atoms with E-state index in [4.69, 9.17) is 0 Å². The van der Waals surface area contributed by atoms with Gasteiger partial charge in [0.05, 0.1) is 5.71 Å². The van der Waals surface area contributed by atoms with Crippen LogP contribution < -0.4 is 5.43 Å². The fourth-order valence-electron chi connectivity index (χ4n) is 3.07. The molecule has 4 aromatic rings. The minimum Gasteiger partial charge on any atom is -0.332 e. The van der Waals surface area contributed by atoms with Crippen molar-refractivity contribution < 1.29 is 4.79 Å². The summed E-state index contributed by atoms with van der Waals surface area (Å²) in [6, 6.07) is 24.1. The van der Waals surface area contributed by atoms with E-state index in [0.717, 1.165) is 27.1 Å². The van der Waals surface area contributed by atoms with Gasteiger partial charge < -0.3 is 4.57 Å². The molecule has 0 atom stereocenters. The lowest BCUT2D eigenvalue weighted by Gasteiger charge is -2.10. The van der Waals surface area contributed by atoms with E-state index in [1.165, 1.54) is 0 Å². The number of fused-ring (bicyclic) bond motifs is 1. The lowest BCUT2D eigenvalue weighted by Crippen LogP contribution is -2.22. The number of hydrazone groups is 1. The number of para-hydroxylation sites is 1. The van der Waals surface area contributed by atoms with Gasteiger partial charge in [0.1, 0.15) is 5.69 Å². The molecule has 0 aliphatic rings. The molecule has 1 N–H and O–H groups in total. The molecule has 0 saturated carbocycles. The van der Waals surface area contributed by atoms with Gasteiger partial charge in [-0.1, -0.05) is 54.6 Å². The number of carbonyl (C=O) groups is 1. The molecule has 27 heavy (non-hydrogen) atoms. The summed E-state index contributed by atoms with van der Waals surface area (Å²) in [5.41, 5.74) is 6.28. The Balaban J connectivity index is 1.67. The highest BCUT2D eigenvalue weighted by atomic mass is 32.1. The van der Waals surface area contributed by atoms with Gasteiger partial charge in [-0.25, -0.2) is 5.43 Å². The third-order valence-electron chi connectivity index (χ3n) is 4.43. The standard InChI is InChI=1S/C22H19N3OS/c1-16(21-12-7-13-27-21)23-24-22(26)20-14-18-10-5-6-11-19(18)25(20)15-17-8-3-2-4-9-17/h2-14H,15H2,1H3,(H,24,26)/b23-16-. The molecule has 2 heterocycles. The van der Waals surface area contributed by atoms with Crippen LogP contribution in [-0.4, -0.2) is 16.2 Å². The Morgan fingerprint density at radius 1 is 1.04 bits per heavy atom. The molecule has 0 fully saturated rings. The van der Waals surface area contributed by atoms with Crippen LogP contribution in [0.1, 0.15) is 27.9 Å². The monoisotopic (exact) mass is 373 g/mol. The Morgan fingerprint density at radius 2 is 1.81 bits per heavy atom. The molecule has 4 rings (SSSR count). The first kappa shape index (κ1) is 17.2. The Bertz CT molecular complexity index is 1100. The number of rotatable bonds is 5. The summed E-state index contributed by atoms with van der Waals surface area (Å²) in [7, 11) is 0. The van der Waals surface area contributed by atoms with Crippen LogP contribution in [0.3, 0.4) is 0 Å². The zero-order valence-corrected chi connectivity index (χ0v) is 15.7. The first-order valence-electron chi connectivity index (χ1n) is 8.73. The summed E-state index contributed by atoms with van der Waals surface area (Å²) in [5, 5.41) is 7.31. The number of hydrogen-bond acceptors (Lipinski definition) is 3. The maximum atomic E-state index is 12.9. The molecule has 2 aromatic heterocycles. The molecule has 0 unspecified atom stereocenters. The molecule has 5 heteroatoms. The molecule has 0 bridgehead atoms. The van der Waals surface area contributed by atoms with E-state index in [-0.39, 0.29) is 5.91 Å². The molecule has 2 aromatic carbocycles. The summed E-state index contributed by atoms with van der Waals surface area (Å²) >= 11 is 1.60. The van der Waals surface area contributed by atoms with Gasteiger partial charge >= 0.3 is 0 Å². The molecule has 0 aliphatic carbocycles. The fraction of sp³-hybridized carbons (Fsp3) is 0.0909. The summed E-state index contributed by atoms with van der Waals surface area (Å²) in [4.78, 5) is 13.9. The van der Waals surface area contributed by atoms with Crippen LogP contribution in [0.15, 0.2) is 83.3 Å². The summed E-state index contributed by atoms with van der Waals surface area (Å²) in [5.74, 6) is -0.210. The van der Waals surface area contributed by atoms with E-state index < -0.39 is 0 Å². The van der Waals surface area contributed by atoms with Gasteiger partial charge in [0.2, 0.25) is 0 Å². The van der Waals surface area contributed by atoms with Gasteiger partial charge in [0.15, 0.2) is 0 Å². The highest BCUT2D eigenvalue weighted by molar-refractivity contribution is 7.12. The molecular weight excluding hydrogens is 354 g/mol. The maximum absolute atomic E-state index is 12.9.